The summed E-state index contributed by atoms with van der Waals surface area (Å²) >= 11 is 7.48. The minimum atomic E-state index is -0.446. The first kappa shape index (κ1) is 22.2. The lowest BCUT2D eigenvalue weighted by Gasteiger charge is -2.09. The summed E-state index contributed by atoms with van der Waals surface area (Å²) in [5.74, 6) is -0.256. The highest BCUT2D eigenvalue weighted by Gasteiger charge is 2.23. The fraction of sp³-hybridized carbons (Fsp3) is 0.318. The van der Waals surface area contributed by atoms with Crippen molar-refractivity contribution in [2.45, 2.75) is 36.6 Å². The first-order valence-corrected chi connectivity index (χ1v) is 11.1. The number of ether oxygens (including phenoxy) is 1. The second-order valence-electron chi connectivity index (χ2n) is 6.94. The van der Waals surface area contributed by atoms with E-state index in [4.69, 9.17) is 16.3 Å². The number of anilines is 1. The van der Waals surface area contributed by atoms with Crippen molar-refractivity contribution in [3.05, 3.63) is 59.1 Å². The number of halogens is 1. The highest BCUT2D eigenvalue weighted by molar-refractivity contribution is 7.99. The van der Waals surface area contributed by atoms with Crippen LogP contribution in [0.15, 0.2) is 53.4 Å². The second kappa shape index (κ2) is 11.0. The summed E-state index contributed by atoms with van der Waals surface area (Å²) in [4.78, 5) is 37.0. The molecule has 0 bridgehead atoms. The topological polar surface area (TPSA) is 84.5 Å². The van der Waals surface area contributed by atoms with Crippen LogP contribution in [0.25, 0.3) is 0 Å². The maximum atomic E-state index is 12.1. The highest BCUT2D eigenvalue weighted by atomic mass is 35.5. The molecule has 1 aliphatic rings. The van der Waals surface area contributed by atoms with Crippen LogP contribution in [0.2, 0.25) is 5.02 Å². The van der Waals surface area contributed by atoms with Crippen LogP contribution >= 0.6 is 23.4 Å². The summed E-state index contributed by atoms with van der Waals surface area (Å²) in [7, 11) is 0. The first-order chi connectivity index (χ1) is 14.5. The van der Waals surface area contributed by atoms with Crippen LogP contribution in [0.5, 0.6) is 0 Å². The van der Waals surface area contributed by atoms with E-state index in [1.807, 2.05) is 24.3 Å². The van der Waals surface area contributed by atoms with E-state index in [1.165, 1.54) is 0 Å². The largest absolute Gasteiger partial charge is 0.456 e. The first-order valence-electron chi connectivity index (χ1n) is 9.74. The number of esters is 1. The van der Waals surface area contributed by atoms with Crippen molar-refractivity contribution >= 4 is 46.8 Å². The smallest absolute Gasteiger partial charge is 0.306 e. The van der Waals surface area contributed by atoms with E-state index in [0.717, 1.165) is 23.5 Å². The van der Waals surface area contributed by atoms with E-state index in [-0.39, 0.29) is 25.0 Å². The number of carbonyl (C=O) groups is 3. The van der Waals surface area contributed by atoms with Crippen LogP contribution in [0.1, 0.15) is 36.0 Å². The zero-order valence-electron chi connectivity index (χ0n) is 16.4. The Labute approximate surface area is 184 Å². The molecule has 8 heteroatoms. The monoisotopic (exact) mass is 446 g/mol. The van der Waals surface area contributed by atoms with Crippen molar-refractivity contribution in [2.75, 3.05) is 17.7 Å². The molecule has 0 aliphatic heterocycles. The molecule has 2 aromatic rings. The zero-order valence-corrected chi connectivity index (χ0v) is 17.9. The summed E-state index contributed by atoms with van der Waals surface area (Å²) in [5, 5.41) is 6.23. The second-order valence-corrected chi connectivity index (χ2v) is 8.55. The Bertz CT molecular complexity index is 900. The maximum Gasteiger partial charge on any atom is 0.306 e. The molecule has 30 heavy (non-hydrogen) atoms. The van der Waals surface area contributed by atoms with Gasteiger partial charge in [0.05, 0.1) is 0 Å². The molecule has 0 atom stereocenters. The molecule has 0 spiro atoms. The molecule has 0 unspecified atom stereocenters. The fourth-order valence-electron chi connectivity index (χ4n) is 2.59. The number of hydrogen-bond donors (Lipinski definition) is 2. The van der Waals surface area contributed by atoms with Crippen LogP contribution in [0, 0.1) is 0 Å². The van der Waals surface area contributed by atoms with Gasteiger partial charge in [0.1, 0.15) is 0 Å². The third-order valence-electron chi connectivity index (χ3n) is 4.29. The number of hydrogen-bond acceptors (Lipinski definition) is 5. The molecule has 2 aromatic carbocycles. The third-order valence-corrected chi connectivity index (χ3v) is 5.64. The van der Waals surface area contributed by atoms with Crippen LogP contribution in [0.4, 0.5) is 5.69 Å². The quantitative estimate of drug-likeness (QED) is 0.323. The molecule has 0 aromatic heterocycles. The Morgan fingerprint density at radius 1 is 1.10 bits per heavy atom. The molecule has 1 saturated carbocycles. The molecule has 1 aliphatic carbocycles. The molecular formula is C22H23ClN2O4S. The van der Waals surface area contributed by atoms with E-state index in [0.29, 0.717) is 22.7 Å². The molecule has 0 heterocycles. The Kier molecular flexibility index (Phi) is 8.16. The van der Waals surface area contributed by atoms with Gasteiger partial charge in [0.25, 0.3) is 11.8 Å². The van der Waals surface area contributed by atoms with Gasteiger partial charge >= 0.3 is 5.97 Å². The van der Waals surface area contributed by atoms with Gasteiger partial charge in [-0.2, -0.15) is 0 Å². The van der Waals surface area contributed by atoms with Crippen molar-refractivity contribution < 1.29 is 19.1 Å². The van der Waals surface area contributed by atoms with Crippen LogP contribution < -0.4 is 10.6 Å². The third kappa shape index (κ3) is 7.72. The van der Waals surface area contributed by atoms with Crippen molar-refractivity contribution in [1.82, 2.24) is 5.32 Å². The molecular weight excluding hydrogens is 424 g/mol. The van der Waals surface area contributed by atoms with Gasteiger partial charge in [-0.25, -0.2) is 0 Å². The molecule has 2 N–H and O–H groups in total. The summed E-state index contributed by atoms with van der Waals surface area (Å²) in [6, 6.07) is 14.4. The van der Waals surface area contributed by atoms with Crippen LogP contribution in [-0.2, 0) is 14.3 Å². The van der Waals surface area contributed by atoms with Gasteiger partial charge in [0, 0.05) is 33.6 Å². The summed E-state index contributed by atoms with van der Waals surface area (Å²) in [6.45, 7) is -0.359. The molecule has 158 valence electrons. The Hall–Kier alpha value is -2.51. The number of carbonyl (C=O) groups excluding carboxylic acids is 3. The number of rotatable bonds is 10. The average Bonchev–Trinajstić information content (AvgIpc) is 3.55. The molecule has 3 rings (SSSR count). The Balaban J connectivity index is 1.33. The lowest BCUT2D eigenvalue weighted by molar-refractivity contribution is -0.147. The SMILES string of the molecule is O=C(COC(=O)CCCSc1ccc(Cl)cc1)Nc1cccc(C(=O)NC2CC2)c1. The van der Waals surface area contributed by atoms with Gasteiger partial charge in [-0.3, -0.25) is 14.4 Å². The minimum Gasteiger partial charge on any atom is -0.456 e. The Morgan fingerprint density at radius 2 is 1.87 bits per heavy atom. The van der Waals surface area contributed by atoms with Crippen molar-refractivity contribution in [2.24, 2.45) is 0 Å². The predicted octanol–water partition coefficient (Wildman–Crippen LogP) is 4.29. The van der Waals surface area contributed by atoms with Gasteiger partial charge < -0.3 is 15.4 Å². The van der Waals surface area contributed by atoms with E-state index < -0.39 is 11.9 Å². The number of nitrogens with one attached hydrogen (secondary N) is 2. The van der Waals surface area contributed by atoms with Gasteiger partial charge in [-0.05, 0) is 67.5 Å². The number of thioether (sulfide) groups is 1. The van der Waals surface area contributed by atoms with E-state index in [2.05, 4.69) is 10.6 Å². The van der Waals surface area contributed by atoms with Crippen molar-refractivity contribution in [3.8, 4) is 0 Å². The van der Waals surface area contributed by atoms with Crippen molar-refractivity contribution in [1.29, 1.82) is 0 Å². The van der Waals surface area contributed by atoms with E-state index in [9.17, 15) is 14.4 Å². The molecule has 2 amide bonds. The van der Waals surface area contributed by atoms with Gasteiger partial charge in [-0.1, -0.05) is 17.7 Å². The summed E-state index contributed by atoms with van der Waals surface area (Å²) < 4.78 is 5.03. The van der Waals surface area contributed by atoms with E-state index >= 15 is 0 Å². The molecule has 0 saturated heterocycles. The molecule has 0 radical (unpaired) electrons. The van der Waals surface area contributed by atoms with Gasteiger partial charge in [0.2, 0.25) is 0 Å². The average molecular weight is 447 g/mol. The minimum absolute atomic E-state index is 0.156. The molecule has 6 nitrogen and oxygen atoms in total. The van der Waals surface area contributed by atoms with Gasteiger partial charge in [-0.15, -0.1) is 11.8 Å². The lowest BCUT2D eigenvalue weighted by Crippen LogP contribution is -2.25. The number of amides is 2. The standard InChI is InChI=1S/C22H23ClN2O4S/c23-16-6-10-19(11-7-16)30-12-2-5-21(27)29-14-20(26)24-18-4-1-3-15(13-18)22(28)25-17-8-9-17/h1,3-4,6-7,10-11,13,17H,2,5,8-9,12,14H2,(H,24,26)(H,25,28). The normalized spacial score (nSPS) is 12.8. The number of benzene rings is 2. The predicted molar refractivity (Wildman–Crippen MR) is 118 cm³/mol. The lowest BCUT2D eigenvalue weighted by atomic mass is 10.2. The van der Waals surface area contributed by atoms with Crippen LogP contribution in [0.3, 0.4) is 0 Å². The van der Waals surface area contributed by atoms with E-state index in [1.54, 1.807) is 36.0 Å². The molecule has 1 fully saturated rings. The summed E-state index contributed by atoms with van der Waals surface area (Å²) in [6.07, 6.45) is 2.90. The fourth-order valence-corrected chi connectivity index (χ4v) is 3.57. The highest BCUT2D eigenvalue weighted by Crippen LogP contribution is 2.22. The Morgan fingerprint density at radius 3 is 2.60 bits per heavy atom. The van der Waals surface area contributed by atoms with Crippen molar-refractivity contribution in [3.63, 3.8) is 0 Å². The maximum absolute atomic E-state index is 12.1. The summed E-state index contributed by atoms with van der Waals surface area (Å²) in [5.41, 5.74) is 0.966. The van der Waals surface area contributed by atoms with Gasteiger partial charge in [0.15, 0.2) is 6.61 Å². The van der Waals surface area contributed by atoms with Crippen LogP contribution in [-0.4, -0.2) is 36.2 Å². The zero-order chi connectivity index (χ0) is 21.3.